The molecule has 0 aromatic rings. The highest BCUT2D eigenvalue weighted by Gasteiger charge is 2.42. The summed E-state index contributed by atoms with van der Waals surface area (Å²) < 4.78 is 0. The van der Waals surface area contributed by atoms with Crippen molar-refractivity contribution >= 4 is 5.91 Å². The van der Waals surface area contributed by atoms with Crippen molar-refractivity contribution in [2.75, 3.05) is 0 Å². The van der Waals surface area contributed by atoms with Crippen LogP contribution in [0.1, 0.15) is 60.8 Å². The second-order valence-corrected chi connectivity index (χ2v) is 5.77. The molecule has 0 saturated carbocycles. The average Bonchev–Trinajstić information content (AvgIpc) is 2.65. The lowest BCUT2D eigenvalue weighted by atomic mass is 9.93. The lowest BCUT2D eigenvalue weighted by molar-refractivity contribution is -0.133. The standard InChI is InChI=1S/C15H30N2O/c1-7-10(4)14-15(18)17(12(6)16-14)11(5)13(8-2)9-3/h10-14,16H,7-9H2,1-6H3. The molecule has 106 valence electrons. The first-order valence-corrected chi connectivity index (χ1v) is 7.55. The third kappa shape index (κ3) is 2.87. The fourth-order valence-corrected chi connectivity index (χ4v) is 3.16. The number of carbonyl (C=O) groups is 1. The monoisotopic (exact) mass is 254 g/mol. The van der Waals surface area contributed by atoms with Gasteiger partial charge in [0.25, 0.3) is 0 Å². The number of amides is 1. The van der Waals surface area contributed by atoms with Crippen molar-refractivity contribution in [2.45, 2.75) is 79.1 Å². The fraction of sp³-hybridized carbons (Fsp3) is 0.933. The second kappa shape index (κ2) is 6.55. The molecular formula is C15H30N2O. The number of carbonyl (C=O) groups excluding carboxylic acids is 1. The van der Waals surface area contributed by atoms with Crippen molar-refractivity contribution in [3.8, 4) is 0 Å². The third-order valence-corrected chi connectivity index (χ3v) is 4.74. The summed E-state index contributed by atoms with van der Waals surface area (Å²) in [6.07, 6.45) is 3.50. The highest BCUT2D eigenvalue weighted by Crippen LogP contribution is 2.26. The molecule has 3 nitrogen and oxygen atoms in total. The van der Waals surface area contributed by atoms with Crippen molar-refractivity contribution < 1.29 is 4.79 Å². The van der Waals surface area contributed by atoms with Gasteiger partial charge in [-0.2, -0.15) is 0 Å². The molecule has 1 N–H and O–H groups in total. The minimum absolute atomic E-state index is 0.0156. The van der Waals surface area contributed by atoms with E-state index < -0.39 is 0 Å². The van der Waals surface area contributed by atoms with E-state index in [1.54, 1.807) is 0 Å². The Kier molecular flexibility index (Phi) is 5.64. The first kappa shape index (κ1) is 15.5. The highest BCUT2D eigenvalue weighted by molar-refractivity contribution is 5.84. The fourth-order valence-electron chi connectivity index (χ4n) is 3.16. The van der Waals surface area contributed by atoms with Crippen LogP contribution in [0, 0.1) is 11.8 Å². The van der Waals surface area contributed by atoms with Crippen LogP contribution < -0.4 is 5.32 Å². The molecule has 0 bridgehead atoms. The van der Waals surface area contributed by atoms with Gasteiger partial charge in [0.05, 0.1) is 12.2 Å². The number of hydrogen-bond donors (Lipinski definition) is 1. The molecule has 18 heavy (non-hydrogen) atoms. The Balaban J connectivity index is 2.80. The molecule has 3 heteroatoms. The Morgan fingerprint density at radius 2 is 1.72 bits per heavy atom. The van der Waals surface area contributed by atoms with Gasteiger partial charge in [0, 0.05) is 6.04 Å². The predicted octanol–water partition coefficient (Wildman–Crippen LogP) is 3.00. The van der Waals surface area contributed by atoms with Crippen LogP contribution in [0.25, 0.3) is 0 Å². The molecule has 1 aliphatic heterocycles. The van der Waals surface area contributed by atoms with Crippen LogP contribution in [0.15, 0.2) is 0 Å². The molecule has 0 radical (unpaired) electrons. The van der Waals surface area contributed by atoms with E-state index in [0.29, 0.717) is 23.8 Å². The molecule has 1 saturated heterocycles. The maximum Gasteiger partial charge on any atom is 0.241 e. The van der Waals surface area contributed by atoms with Crippen molar-refractivity contribution in [3.63, 3.8) is 0 Å². The van der Waals surface area contributed by atoms with Gasteiger partial charge in [0.15, 0.2) is 0 Å². The summed E-state index contributed by atoms with van der Waals surface area (Å²) in [6.45, 7) is 13.1. The Bertz CT molecular complexity index is 276. The Labute approximate surface area is 112 Å². The van der Waals surface area contributed by atoms with E-state index in [1.165, 1.54) is 0 Å². The second-order valence-electron chi connectivity index (χ2n) is 5.77. The summed E-state index contributed by atoms with van der Waals surface area (Å²) in [7, 11) is 0. The third-order valence-electron chi connectivity index (χ3n) is 4.74. The van der Waals surface area contributed by atoms with Crippen molar-refractivity contribution in [1.82, 2.24) is 10.2 Å². The molecule has 0 aromatic carbocycles. The summed E-state index contributed by atoms with van der Waals surface area (Å²) >= 11 is 0. The summed E-state index contributed by atoms with van der Waals surface area (Å²) in [5.74, 6) is 1.32. The smallest absolute Gasteiger partial charge is 0.241 e. The zero-order chi connectivity index (χ0) is 13.9. The van der Waals surface area contributed by atoms with E-state index in [0.717, 1.165) is 19.3 Å². The molecule has 4 unspecified atom stereocenters. The number of rotatable bonds is 6. The van der Waals surface area contributed by atoms with Crippen molar-refractivity contribution in [3.05, 3.63) is 0 Å². The van der Waals surface area contributed by atoms with Gasteiger partial charge in [-0.3, -0.25) is 10.1 Å². The van der Waals surface area contributed by atoms with Crippen molar-refractivity contribution in [1.29, 1.82) is 0 Å². The first-order valence-electron chi connectivity index (χ1n) is 7.55. The molecule has 4 atom stereocenters. The van der Waals surface area contributed by atoms with Crippen LogP contribution in [0.2, 0.25) is 0 Å². The van der Waals surface area contributed by atoms with Gasteiger partial charge in [0.1, 0.15) is 0 Å². The van der Waals surface area contributed by atoms with Crippen LogP contribution in [-0.4, -0.2) is 29.1 Å². The summed E-state index contributed by atoms with van der Waals surface area (Å²) in [5, 5.41) is 3.46. The SMILES string of the molecule is CCC(C)C1NC(C)N(C(C)C(CC)CC)C1=O. The topological polar surface area (TPSA) is 32.3 Å². The van der Waals surface area contributed by atoms with Crippen LogP contribution in [-0.2, 0) is 4.79 Å². The predicted molar refractivity (Wildman–Crippen MR) is 76.2 cm³/mol. The Morgan fingerprint density at radius 1 is 1.17 bits per heavy atom. The molecule has 1 amide bonds. The van der Waals surface area contributed by atoms with Crippen LogP contribution in [0.4, 0.5) is 0 Å². The Morgan fingerprint density at radius 3 is 2.17 bits per heavy atom. The minimum Gasteiger partial charge on any atom is -0.323 e. The maximum atomic E-state index is 12.6. The first-order chi connectivity index (χ1) is 8.47. The molecule has 1 rings (SSSR count). The minimum atomic E-state index is 0.0156. The molecule has 0 aromatic heterocycles. The summed E-state index contributed by atoms with van der Waals surface area (Å²) in [6, 6.07) is 0.353. The summed E-state index contributed by atoms with van der Waals surface area (Å²) in [5.41, 5.74) is 0. The van der Waals surface area contributed by atoms with Crippen molar-refractivity contribution in [2.24, 2.45) is 11.8 Å². The number of hydrogen-bond acceptors (Lipinski definition) is 2. The van der Waals surface area contributed by atoms with Crippen LogP contribution >= 0.6 is 0 Å². The van der Waals surface area contributed by atoms with Crippen LogP contribution in [0.3, 0.4) is 0 Å². The van der Waals surface area contributed by atoms with Gasteiger partial charge in [-0.15, -0.1) is 0 Å². The highest BCUT2D eigenvalue weighted by atomic mass is 16.2. The molecule has 1 heterocycles. The van der Waals surface area contributed by atoms with Crippen LogP contribution in [0.5, 0.6) is 0 Å². The van der Waals surface area contributed by atoms with E-state index in [2.05, 4.69) is 51.8 Å². The summed E-state index contributed by atoms with van der Waals surface area (Å²) in [4.78, 5) is 14.6. The quantitative estimate of drug-likeness (QED) is 0.790. The van der Waals surface area contributed by atoms with Gasteiger partial charge < -0.3 is 4.90 Å². The van der Waals surface area contributed by atoms with Gasteiger partial charge in [0.2, 0.25) is 5.91 Å². The Hall–Kier alpha value is -0.570. The number of nitrogens with one attached hydrogen (secondary N) is 1. The molecule has 0 spiro atoms. The van der Waals surface area contributed by atoms with E-state index in [9.17, 15) is 4.79 Å². The van der Waals surface area contributed by atoms with Gasteiger partial charge in [-0.05, 0) is 25.7 Å². The lowest BCUT2D eigenvalue weighted by Gasteiger charge is -2.33. The molecule has 0 aliphatic carbocycles. The van der Waals surface area contributed by atoms with Gasteiger partial charge in [-0.1, -0.05) is 47.0 Å². The largest absolute Gasteiger partial charge is 0.323 e. The zero-order valence-corrected chi connectivity index (χ0v) is 12.9. The zero-order valence-electron chi connectivity index (χ0n) is 12.9. The van der Waals surface area contributed by atoms with E-state index in [-0.39, 0.29) is 12.2 Å². The number of nitrogens with zero attached hydrogens (tertiary/aromatic N) is 1. The van der Waals surface area contributed by atoms with E-state index in [1.807, 2.05) is 0 Å². The molecule has 1 fully saturated rings. The lowest BCUT2D eigenvalue weighted by Crippen LogP contribution is -2.45. The van der Waals surface area contributed by atoms with E-state index >= 15 is 0 Å². The van der Waals surface area contributed by atoms with E-state index in [4.69, 9.17) is 0 Å². The molecular weight excluding hydrogens is 224 g/mol. The molecule has 1 aliphatic rings. The normalized spacial score (nSPS) is 27.9. The van der Waals surface area contributed by atoms with Gasteiger partial charge in [-0.25, -0.2) is 0 Å². The average molecular weight is 254 g/mol. The maximum absolute atomic E-state index is 12.6. The van der Waals surface area contributed by atoms with Gasteiger partial charge >= 0.3 is 0 Å².